The molecule has 2 aliphatic rings. The van der Waals surface area contributed by atoms with Crippen molar-refractivity contribution >= 4 is 29.4 Å². The Morgan fingerprint density at radius 3 is 2.87 bits per heavy atom. The second-order valence-electron chi connectivity index (χ2n) is 8.64. The lowest BCUT2D eigenvalue weighted by Crippen LogP contribution is -2.45. The summed E-state index contributed by atoms with van der Waals surface area (Å²) in [4.78, 5) is 30.0. The molecule has 2 unspecified atom stereocenters. The lowest BCUT2D eigenvalue weighted by atomic mass is 10.0. The lowest BCUT2D eigenvalue weighted by Gasteiger charge is -2.32. The van der Waals surface area contributed by atoms with Gasteiger partial charge in [-0.2, -0.15) is 5.10 Å². The molecule has 160 valence electrons. The molecule has 0 aliphatic heterocycles. The van der Waals surface area contributed by atoms with E-state index in [0.717, 1.165) is 43.4 Å². The van der Waals surface area contributed by atoms with E-state index in [1.165, 1.54) is 0 Å². The Morgan fingerprint density at radius 2 is 2.17 bits per heavy atom. The van der Waals surface area contributed by atoms with Gasteiger partial charge in [0.05, 0.1) is 17.1 Å². The maximum Gasteiger partial charge on any atom is 0.408 e. The van der Waals surface area contributed by atoms with Crippen molar-refractivity contribution in [2.45, 2.75) is 69.9 Å². The predicted molar refractivity (Wildman–Crippen MR) is 113 cm³/mol. The third kappa shape index (κ3) is 4.14. The number of amides is 2. The molecule has 2 fully saturated rings. The molecular formula is C21H26ClN5O3. The zero-order valence-corrected chi connectivity index (χ0v) is 17.9. The molecule has 0 saturated heterocycles. The number of aromatic nitrogens is 3. The van der Waals surface area contributed by atoms with Gasteiger partial charge in [-0.05, 0) is 57.6 Å². The number of carbonyl (C=O) groups is 2. The smallest absolute Gasteiger partial charge is 0.408 e. The lowest BCUT2D eigenvalue weighted by molar-refractivity contribution is -0.115. The number of nitrogens with zero attached hydrogens (tertiary/aromatic N) is 3. The standard InChI is InChI=1S/C21H26ClN5O3/c1-12-5-8-23-16(19(12)22)11-18(28)24-17-10-15(25-26-17)13-3-4-14(9-13)27(20(29)30)21(2)6-7-21/h5,8,10,13-14H,3-4,6-7,9,11H2,1-2H3,(H,29,30)(H2,24,25,26,28). The highest BCUT2D eigenvalue weighted by atomic mass is 35.5. The number of carbonyl (C=O) groups excluding carboxylic acids is 1. The average molecular weight is 432 g/mol. The van der Waals surface area contributed by atoms with Crippen LogP contribution in [0.15, 0.2) is 18.3 Å². The summed E-state index contributed by atoms with van der Waals surface area (Å²) in [5.74, 6) is 0.410. The first-order valence-electron chi connectivity index (χ1n) is 10.2. The van der Waals surface area contributed by atoms with Crippen LogP contribution in [0.2, 0.25) is 5.02 Å². The number of anilines is 1. The summed E-state index contributed by atoms with van der Waals surface area (Å²) >= 11 is 6.22. The maximum absolute atomic E-state index is 12.4. The Morgan fingerprint density at radius 1 is 1.40 bits per heavy atom. The zero-order chi connectivity index (χ0) is 21.5. The second kappa shape index (κ2) is 7.91. The first-order valence-corrected chi connectivity index (χ1v) is 10.6. The van der Waals surface area contributed by atoms with E-state index in [0.29, 0.717) is 16.5 Å². The molecule has 2 amide bonds. The molecule has 4 rings (SSSR count). The molecule has 0 radical (unpaired) electrons. The first-order chi connectivity index (χ1) is 14.3. The van der Waals surface area contributed by atoms with Crippen LogP contribution < -0.4 is 5.32 Å². The summed E-state index contributed by atoms with van der Waals surface area (Å²) in [7, 11) is 0. The molecule has 0 aromatic carbocycles. The number of aryl methyl sites for hydroxylation is 1. The Labute approximate surface area is 180 Å². The topological polar surface area (TPSA) is 111 Å². The molecule has 2 heterocycles. The summed E-state index contributed by atoms with van der Waals surface area (Å²) in [6.07, 6.45) is 5.23. The first kappa shape index (κ1) is 20.7. The fourth-order valence-corrected chi connectivity index (χ4v) is 4.57. The Kier molecular flexibility index (Phi) is 5.44. The van der Waals surface area contributed by atoms with Crippen LogP contribution in [0.3, 0.4) is 0 Å². The molecule has 0 bridgehead atoms. The van der Waals surface area contributed by atoms with Gasteiger partial charge in [-0.3, -0.25) is 19.8 Å². The molecule has 2 aliphatic carbocycles. The minimum atomic E-state index is -0.832. The SMILES string of the molecule is Cc1ccnc(CC(=O)Nc2cc(C3CCC(N(C(=O)O)C4(C)CC4)C3)[nH]n2)c1Cl. The number of nitrogens with one attached hydrogen (secondary N) is 2. The van der Waals surface area contributed by atoms with Gasteiger partial charge in [-0.15, -0.1) is 0 Å². The number of halogens is 1. The van der Waals surface area contributed by atoms with Crippen LogP contribution in [0.25, 0.3) is 0 Å². The van der Waals surface area contributed by atoms with Gasteiger partial charge in [0.25, 0.3) is 0 Å². The van der Waals surface area contributed by atoms with Crippen LogP contribution in [0, 0.1) is 6.92 Å². The molecule has 2 aromatic rings. The summed E-state index contributed by atoms with van der Waals surface area (Å²) in [6.45, 7) is 3.89. The van der Waals surface area contributed by atoms with Gasteiger partial charge in [0, 0.05) is 35.5 Å². The Balaban J connectivity index is 1.37. The number of hydrogen-bond donors (Lipinski definition) is 3. The number of H-pyrrole nitrogens is 1. The highest BCUT2D eigenvalue weighted by molar-refractivity contribution is 6.32. The van der Waals surface area contributed by atoms with Gasteiger partial charge in [0.1, 0.15) is 0 Å². The third-order valence-corrected chi connectivity index (χ3v) is 6.84. The fourth-order valence-electron chi connectivity index (χ4n) is 4.39. The quantitative estimate of drug-likeness (QED) is 0.637. The number of hydrogen-bond acceptors (Lipinski definition) is 4. The number of carboxylic acid groups (broad SMARTS) is 1. The van der Waals surface area contributed by atoms with Gasteiger partial charge < -0.3 is 10.4 Å². The molecule has 30 heavy (non-hydrogen) atoms. The molecule has 0 spiro atoms. The Hall–Kier alpha value is -2.61. The molecule has 2 saturated carbocycles. The molecule has 2 aromatic heterocycles. The molecule has 3 N–H and O–H groups in total. The molecule has 8 nitrogen and oxygen atoms in total. The van der Waals surface area contributed by atoms with Gasteiger partial charge >= 0.3 is 6.09 Å². The minimum Gasteiger partial charge on any atom is -0.465 e. The van der Waals surface area contributed by atoms with E-state index < -0.39 is 6.09 Å². The highest BCUT2D eigenvalue weighted by Crippen LogP contribution is 2.47. The highest BCUT2D eigenvalue weighted by Gasteiger charge is 2.50. The largest absolute Gasteiger partial charge is 0.465 e. The van der Waals surface area contributed by atoms with Crippen molar-refractivity contribution in [3.63, 3.8) is 0 Å². The fraction of sp³-hybridized carbons (Fsp3) is 0.524. The van der Waals surface area contributed by atoms with Crippen LogP contribution in [-0.4, -0.2) is 48.8 Å². The van der Waals surface area contributed by atoms with Crippen molar-refractivity contribution in [2.75, 3.05) is 5.32 Å². The van der Waals surface area contributed by atoms with E-state index in [4.69, 9.17) is 11.6 Å². The van der Waals surface area contributed by atoms with Gasteiger partial charge in [0.15, 0.2) is 5.82 Å². The number of aromatic amines is 1. The van der Waals surface area contributed by atoms with Crippen LogP contribution in [0.5, 0.6) is 0 Å². The van der Waals surface area contributed by atoms with E-state index in [2.05, 4.69) is 20.5 Å². The van der Waals surface area contributed by atoms with Gasteiger partial charge in [0.2, 0.25) is 5.91 Å². The van der Waals surface area contributed by atoms with Crippen molar-refractivity contribution in [3.8, 4) is 0 Å². The summed E-state index contributed by atoms with van der Waals surface area (Å²) in [5, 5.41) is 20.2. The number of rotatable bonds is 6. The van der Waals surface area contributed by atoms with Crippen LogP contribution >= 0.6 is 11.6 Å². The average Bonchev–Trinajstić information content (AvgIpc) is 3.08. The van der Waals surface area contributed by atoms with E-state index in [1.54, 1.807) is 17.2 Å². The monoisotopic (exact) mass is 431 g/mol. The molecule has 2 atom stereocenters. The van der Waals surface area contributed by atoms with E-state index in [-0.39, 0.29) is 29.8 Å². The summed E-state index contributed by atoms with van der Waals surface area (Å²) in [6, 6.07) is 3.66. The van der Waals surface area contributed by atoms with E-state index >= 15 is 0 Å². The van der Waals surface area contributed by atoms with Crippen molar-refractivity contribution < 1.29 is 14.7 Å². The summed E-state index contributed by atoms with van der Waals surface area (Å²) in [5.41, 5.74) is 2.13. The molecular weight excluding hydrogens is 406 g/mol. The third-order valence-electron chi connectivity index (χ3n) is 6.32. The van der Waals surface area contributed by atoms with Crippen LogP contribution in [0.1, 0.15) is 61.9 Å². The van der Waals surface area contributed by atoms with Crippen LogP contribution in [-0.2, 0) is 11.2 Å². The number of pyridine rings is 1. The summed E-state index contributed by atoms with van der Waals surface area (Å²) < 4.78 is 0. The second-order valence-corrected chi connectivity index (χ2v) is 9.01. The van der Waals surface area contributed by atoms with Crippen molar-refractivity contribution in [2.24, 2.45) is 0 Å². The Bertz CT molecular complexity index is 971. The zero-order valence-electron chi connectivity index (χ0n) is 17.1. The van der Waals surface area contributed by atoms with Crippen molar-refractivity contribution in [1.29, 1.82) is 0 Å². The van der Waals surface area contributed by atoms with Gasteiger partial charge in [-0.1, -0.05) is 11.6 Å². The maximum atomic E-state index is 12.4. The van der Waals surface area contributed by atoms with Crippen molar-refractivity contribution in [3.05, 3.63) is 40.3 Å². The predicted octanol–water partition coefficient (Wildman–Crippen LogP) is 4.12. The van der Waals surface area contributed by atoms with Crippen molar-refractivity contribution in [1.82, 2.24) is 20.1 Å². The van der Waals surface area contributed by atoms with Crippen LogP contribution in [0.4, 0.5) is 10.6 Å². The normalized spacial score (nSPS) is 22.0. The van der Waals surface area contributed by atoms with Gasteiger partial charge in [-0.25, -0.2) is 4.79 Å². The minimum absolute atomic E-state index is 0.0240. The van der Waals surface area contributed by atoms with E-state index in [9.17, 15) is 14.7 Å². The molecule has 9 heteroatoms. The van der Waals surface area contributed by atoms with E-state index in [1.807, 2.05) is 19.9 Å².